The molecule has 1 aliphatic heterocycles. The van der Waals surface area contributed by atoms with Crippen molar-refractivity contribution < 1.29 is 65.7 Å². The molecule has 1 unspecified atom stereocenters. The van der Waals surface area contributed by atoms with E-state index in [9.17, 15) is 9.59 Å². The molecule has 0 saturated carbocycles. The SMILES string of the molecule is CC(C)(C)OC(=O)NCCC1CCN([C-]=O)C1.[K+]. The summed E-state index contributed by atoms with van der Waals surface area (Å²) < 4.78 is 5.12. The summed E-state index contributed by atoms with van der Waals surface area (Å²) in [6.45, 7) is 7.62. The maximum Gasteiger partial charge on any atom is 1.00 e. The second-order valence-corrected chi connectivity index (χ2v) is 5.41. The minimum Gasteiger partial charge on any atom is -0.520 e. The van der Waals surface area contributed by atoms with E-state index in [2.05, 4.69) is 5.32 Å². The molecule has 1 N–H and O–H groups in total. The predicted octanol–water partition coefficient (Wildman–Crippen LogP) is -1.71. The predicted molar refractivity (Wildman–Crippen MR) is 64.2 cm³/mol. The molecule has 1 saturated heterocycles. The Morgan fingerprint density at radius 3 is 2.67 bits per heavy atom. The third kappa shape index (κ3) is 7.73. The normalized spacial score (nSPS) is 19.1. The summed E-state index contributed by atoms with van der Waals surface area (Å²) in [5, 5.41) is 2.72. The quantitative estimate of drug-likeness (QED) is 0.493. The van der Waals surface area contributed by atoms with Gasteiger partial charge in [-0.2, -0.15) is 6.41 Å². The van der Waals surface area contributed by atoms with Crippen molar-refractivity contribution in [1.82, 2.24) is 10.2 Å². The number of carbonyl (C=O) groups is 1. The molecule has 1 atom stereocenters. The minimum atomic E-state index is -0.458. The number of nitrogens with one attached hydrogen (secondary N) is 1. The van der Waals surface area contributed by atoms with E-state index in [0.29, 0.717) is 12.5 Å². The Kier molecular flexibility index (Phi) is 8.71. The maximum atomic E-state index is 11.3. The second kappa shape index (κ2) is 8.53. The third-order valence-corrected chi connectivity index (χ3v) is 2.64. The van der Waals surface area contributed by atoms with Crippen molar-refractivity contribution in [2.24, 2.45) is 5.92 Å². The van der Waals surface area contributed by atoms with Crippen LogP contribution in [0.15, 0.2) is 0 Å². The fraction of sp³-hybridized carbons (Fsp3) is 0.833. The fourth-order valence-corrected chi connectivity index (χ4v) is 1.84. The Hall–Kier alpha value is 0.376. The minimum absolute atomic E-state index is 0. The van der Waals surface area contributed by atoms with Crippen molar-refractivity contribution in [3.63, 3.8) is 0 Å². The molecule has 5 nitrogen and oxygen atoms in total. The summed E-state index contributed by atoms with van der Waals surface area (Å²) in [4.78, 5) is 23.4. The van der Waals surface area contributed by atoms with Gasteiger partial charge in [-0.25, -0.2) is 4.79 Å². The molecule has 0 aromatic heterocycles. The number of rotatable bonds is 4. The molecule has 18 heavy (non-hydrogen) atoms. The van der Waals surface area contributed by atoms with Gasteiger partial charge in [-0.1, -0.05) is 0 Å². The van der Waals surface area contributed by atoms with Gasteiger partial charge in [0.05, 0.1) is 0 Å². The second-order valence-electron chi connectivity index (χ2n) is 5.41. The van der Waals surface area contributed by atoms with Crippen molar-refractivity contribution >= 4 is 12.5 Å². The van der Waals surface area contributed by atoms with E-state index >= 15 is 0 Å². The number of likely N-dealkylation sites (tertiary alicyclic amines) is 1. The molecule has 6 heteroatoms. The van der Waals surface area contributed by atoms with E-state index in [1.165, 1.54) is 0 Å². The van der Waals surface area contributed by atoms with Gasteiger partial charge in [0.25, 0.3) is 0 Å². The first-order chi connectivity index (χ1) is 7.90. The maximum absolute atomic E-state index is 11.3. The van der Waals surface area contributed by atoms with Crippen LogP contribution in [0.2, 0.25) is 0 Å². The van der Waals surface area contributed by atoms with Crippen LogP contribution >= 0.6 is 0 Å². The number of carbonyl (C=O) groups excluding carboxylic acids is 2. The molecule has 0 spiro atoms. The number of hydrogen-bond donors (Lipinski definition) is 1. The number of alkyl carbamates (subject to hydrolysis) is 1. The smallest absolute Gasteiger partial charge is 0.520 e. The Bertz CT molecular complexity index is 279. The van der Waals surface area contributed by atoms with Crippen LogP contribution in [0.1, 0.15) is 33.6 Å². The molecule has 0 aliphatic carbocycles. The summed E-state index contributed by atoms with van der Waals surface area (Å²) in [7, 11) is 0. The number of nitrogens with zero attached hydrogens (tertiary/aromatic N) is 1. The van der Waals surface area contributed by atoms with Crippen LogP contribution < -0.4 is 56.7 Å². The zero-order valence-electron chi connectivity index (χ0n) is 11.8. The van der Waals surface area contributed by atoms with Crippen LogP contribution in [0.25, 0.3) is 0 Å². The molecular weight excluding hydrogens is 259 g/mol. The van der Waals surface area contributed by atoms with E-state index in [0.717, 1.165) is 25.9 Å². The topological polar surface area (TPSA) is 58.6 Å². The van der Waals surface area contributed by atoms with Crippen LogP contribution in [0.5, 0.6) is 0 Å². The van der Waals surface area contributed by atoms with Crippen molar-refractivity contribution in [3.05, 3.63) is 0 Å². The molecule has 1 rings (SSSR count). The van der Waals surface area contributed by atoms with Gasteiger partial charge in [0, 0.05) is 6.54 Å². The largest absolute Gasteiger partial charge is 1.00 e. The molecule has 98 valence electrons. The molecule has 0 aromatic carbocycles. The molecule has 0 aromatic rings. The van der Waals surface area contributed by atoms with Gasteiger partial charge in [0.1, 0.15) is 5.60 Å². The average molecular weight is 280 g/mol. The molecule has 1 heterocycles. The monoisotopic (exact) mass is 280 g/mol. The van der Waals surface area contributed by atoms with Gasteiger partial charge in [-0.3, -0.25) is 0 Å². The van der Waals surface area contributed by atoms with E-state index in [4.69, 9.17) is 4.74 Å². The molecular formula is C12H21KN2O3. The van der Waals surface area contributed by atoms with E-state index in [1.807, 2.05) is 27.2 Å². The first-order valence-corrected chi connectivity index (χ1v) is 6.00. The average Bonchev–Trinajstić information content (AvgIpc) is 2.63. The van der Waals surface area contributed by atoms with E-state index < -0.39 is 5.60 Å². The number of ether oxygens (including phenoxy) is 1. The summed E-state index contributed by atoms with van der Waals surface area (Å²) in [5.74, 6) is 0.464. The van der Waals surface area contributed by atoms with Crippen LogP contribution in [0.4, 0.5) is 4.79 Å². The summed E-state index contributed by atoms with van der Waals surface area (Å²) in [6.07, 6.45) is 3.38. The zero-order chi connectivity index (χ0) is 12.9. The zero-order valence-corrected chi connectivity index (χ0v) is 14.9. The molecule has 0 bridgehead atoms. The summed E-state index contributed by atoms with van der Waals surface area (Å²) in [6, 6.07) is 0. The van der Waals surface area contributed by atoms with E-state index in [1.54, 1.807) is 4.90 Å². The Labute approximate surface area is 151 Å². The van der Waals surface area contributed by atoms with Gasteiger partial charge in [0.15, 0.2) is 0 Å². The van der Waals surface area contributed by atoms with Crippen molar-refractivity contribution in [2.75, 3.05) is 19.6 Å². The van der Waals surface area contributed by atoms with Crippen LogP contribution in [0.3, 0.4) is 0 Å². The Morgan fingerprint density at radius 1 is 1.50 bits per heavy atom. The molecule has 0 radical (unpaired) electrons. The van der Waals surface area contributed by atoms with Crippen LogP contribution in [0, 0.1) is 5.92 Å². The van der Waals surface area contributed by atoms with Crippen LogP contribution in [-0.2, 0) is 9.53 Å². The molecule has 1 fully saturated rings. The van der Waals surface area contributed by atoms with Gasteiger partial charge >= 0.3 is 57.5 Å². The standard InChI is InChI=1S/C12H21N2O3.K/c1-12(2,3)17-11(16)13-6-4-10-5-7-14(8-10)9-15;/h10H,4-8H2,1-3H3,(H,13,16);/q-1;+1. The van der Waals surface area contributed by atoms with Gasteiger partial charge in [0.2, 0.25) is 0 Å². The molecule has 2 amide bonds. The molecule has 1 aliphatic rings. The fourth-order valence-electron chi connectivity index (χ4n) is 1.84. The Morgan fingerprint density at radius 2 is 2.17 bits per heavy atom. The third-order valence-electron chi connectivity index (χ3n) is 2.64. The van der Waals surface area contributed by atoms with Gasteiger partial charge in [-0.05, 0) is 52.6 Å². The van der Waals surface area contributed by atoms with Crippen molar-refractivity contribution in [2.45, 2.75) is 39.2 Å². The number of amides is 2. The van der Waals surface area contributed by atoms with Crippen LogP contribution in [-0.4, -0.2) is 42.6 Å². The first kappa shape index (κ1) is 18.4. The first-order valence-electron chi connectivity index (χ1n) is 6.00. The number of hydrogen-bond acceptors (Lipinski definition) is 3. The van der Waals surface area contributed by atoms with Gasteiger partial charge in [-0.15, -0.1) is 0 Å². The van der Waals surface area contributed by atoms with Crippen molar-refractivity contribution in [3.8, 4) is 0 Å². The van der Waals surface area contributed by atoms with Gasteiger partial charge < -0.3 is 19.7 Å². The summed E-state index contributed by atoms with van der Waals surface area (Å²) in [5.41, 5.74) is -0.458. The van der Waals surface area contributed by atoms with E-state index in [-0.39, 0.29) is 57.5 Å². The Balaban J connectivity index is 0.00000289. The summed E-state index contributed by atoms with van der Waals surface area (Å²) >= 11 is 0. The van der Waals surface area contributed by atoms with Crippen molar-refractivity contribution in [1.29, 1.82) is 0 Å².